The topological polar surface area (TPSA) is 74.9 Å². The summed E-state index contributed by atoms with van der Waals surface area (Å²) in [6.45, 7) is 2.84. The first-order valence-corrected chi connectivity index (χ1v) is 7.39. The summed E-state index contributed by atoms with van der Waals surface area (Å²) in [6.07, 6.45) is 3.09. The van der Waals surface area contributed by atoms with Crippen molar-refractivity contribution < 1.29 is 14.7 Å². The third-order valence-electron chi connectivity index (χ3n) is 3.67. The molecule has 1 saturated heterocycles. The molecule has 1 N–H and O–H groups in total. The lowest BCUT2D eigenvalue weighted by Crippen LogP contribution is -2.42. The molecule has 20 heavy (non-hydrogen) atoms. The van der Waals surface area contributed by atoms with E-state index in [0.29, 0.717) is 18.7 Å². The average molecular weight is 293 g/mol. The molecule has 0 bridgehead atoms. The van der Waals surface area contributed by atoms with E-state index in [1.807, 2.05) is 16.7 Å². The molecule has 106 valence electrons. The molecule has 1 fully saturated rings. The van der Waals surface area contributed by atoms with Gasteiger partial charge in [-0.1, -0.05) is 0 Å². The number of piperidine rings is 1. The predicted molar refractivity (Wildman–Crippen MR) is 74.1 cm³/mol. The van der Waals surface area contributed by atoms with Crippen LogP contribution in [0.1, 0.15) is 29.0 Å². The molecule has 6 nitrogen and oxygen atoms in total. The van der Waals surface area contributed by atoms with Crippen LogP contribution >= 0.6 is 11.3 Å². The Morgan fingerprint density at radius 1 is 1.50 bits per heavy atom. The van der Waals surface area contributed by atoms with Gasteiger partial charge in [0, 0.05) is 30.4 Å². The van der Waals surface area contributed by atoms with Crippen LogP contribution < -0.4 is 0 Å². The monoisotopic (exact) mass is 293 g/mol. The molecule has 1 amide bonds. The largest absolute Gasteiger partial charge is 0.481 e. The van der Waals surface area contributed by atoms with Gasteiger partial charge in [0.05, 0.1) is 5.92 Å². The second-order valence-electron chi connectivity index (χ2n) is 5.08. The summed E-state index contributed by atoms with van der Waals surface area (Å²) in [5.74, 6) is -1.46. The maximum absolute atomic E-state index is 12.4. The Labute approximate surface area is 119 Å². The van der Waals surface area contributed by atoms with Crippen LogP contribution in [0.3, 0.4) is 0 Å². The number of amides is 1. The molecule has 0 saturated carbocycles. The minimum absolute atomic E-state index is 0.175. The van der Waals surface area contributed by atoms with Gasteiger partial charge in [0.2, 0.25) is 0 Å². The van der Waals surface area contributed by atoms with Gasteiger partial charge >= 0.3 is 5.97 Å². The first-order valence-electron chi connectivity index (χ1n) is 6.51. The normalized spacial score (nSPS) is 19.4. The van der Waals surface area contributed by atoms with Gasteiger partial charge in [-0.15, -0.1) is 11.3 Å². The number of aryl methyl sites for hydroxylation is 1. The summed E-state index contributed by atoms with van der Waals surface area (Å²) in [5, 5.41) is 11.1. The molecule has 3 heterocycles. The van der Waals surface area contributed by atoms with Crippen LogP contribution in [-0.4, -0.2) is 44.4 Å². The molecule has 0 spiro atoms. The standard InChI is InChI=1S/C13H15N3O3S/c1-8-7-20-13-14-10(6-16(8)13)11(17)15-4-2-3-9(5-15)12(18)19/h6-7,9H,2-5H2,1H3,(H,18,19). The Balaban J connectivity index is 1.82. The summed E-state index contributed by atoms with van der Waals surface area (Å²) in [7, 11) is 0. The van der Waals surface area contributed by atoms with Gasteiger partial charge in [-0.2, -0.15) is 0 Å². The summed E-state index contributed by atoms with van der Waals surface area (Å²) in [5.41, 5.74) is 1.43. The molecule has 1 unspecified atom stereocenters. The fraction of sp³-hybridized carbons (Fsp3) is 0.462. The molecular formula is C13H15N3O3S. The first-order chi connectivity index (χ1) is 9.56. The number of aliphatic carboxylic acids is 1. The smallest absolute Gasteiger partial charge is 0.308 e. The van der Waals surface area contributed by atoms with E-state index in [1.165, 1.54) is 11.3 Å². The number of hydrogen-bond donors (Lipinski definition) is 1. The summed E-state index contributed by atoms with van der Waals surface area (Å²) < 4.78 is 1.89. The van der Waals surface area contributed by atoms with Crippen LogP contribution in [0.4, 0.5) is 0 Å². The Bertz CT molecular complexity index is 676. The number of aromatic nitrogens is 2. The van der Waals surface area contributed by atoms with Crippen molar-refractivity contribution in [2.24, 2.45) is 5.92 Å². The zero-order chi connectivity index (χ0) is 14.3. The number of carboxylic acids is 1. The number of rotatable bonds is 2. The molecule has 1 aliphatic rings. The van der Waals surface area contributed by atoms with E-state index in [9.17, 15) is 9.59 Å². The van der Waals surface area contributed by atoms with E-state index >= 15 is 0 Å². The Kier molecular flexibility index (Phi) is 3.21. The number of nitrogens with zero attached hydrogens (tertiary/aromatic N) is 3. The lowest BCUT2D eigenvalue weighted by molar-refractivity contribution is -0.143. The minimum Gasteiger partial charge on any atom is -0.481 e. The van der Waals surface area contributed by atoms with Crippen molar-refractivity contribution in [3.05, 3.63) is 23.0 Å². The number of fused-ring (bicyclic) bond motifs is 1. The van der Waals surface area contributed by atoms with Gasteiger partial charge in [-0.25, -0.2) is 4.98 Å². The van der Waals surface area contributed by atoms with Crippen molar-refractivity contribution in [1.82, 2.24) is 14.3 Å². The van der Waals surface area contributed by atoms with Crippen LogP contribution in [0, 0.1) is 12.8 Å². The molecule has 1 atom stereocenters. The number of thiazole rings is 1. The third-order valence-corrected chi connectivity index (χ3v) is 4.62. The van der Waals surface area contributed by atoms with E-state index in [-0.39, 0.29) is 12.5 Å². The average Bonchev–Trinajstić information content (AvgIpc) is 3.01. The number of carbonyl (C=O) groups is 2. The fourth-order valence-electron chi connectivity index (χ4n) is 2.52. The van der Waals surface area contributed by atoms with Crippen molar-refractivity contribution in [2.75, 3.05) is 13.1 Å². The van der Waals surface area contributed by atoms with Crippen molar-refractivity contribution in [3.8, 4) is 0 Å². The minimum atomic E-state index is -0.829. The highest BCUT2D eigenvalue weighted by molar-refractivity contribution is 7.15. The van der Waals surface area contributed by atoms with Gasteiger partial charge in [-0.05, 0) is 19.8 Å². The number of likely N-dealkylation sites (tertiary alicyclic amines) is 1. The van der Waals surface area contributed by atoms with E-state index in [2.05, 4.69) is 4.98 Å². The predicted octanol–water partition coefficient (Wildman–Crippen LogP) is 1.64. The Morgan fingerprint density at radius 2 is 2.30 bits per heavy atom. The molecule has 3 rings (SSSR count). The van der Waals surface area contributed by atoms with Gasteiger partial charge in [0.1, 0.15) is 5.69 Å². The molecule has 2 aromatic rings. The summed E-state index contributed by atoms with van der Waals surface area (Å²) >= 11 is 1.49. The van der Waals surface area contributed by atoms with E-state index < -0.39 is 11.9 Å². The number of carbonyl (C=O) groups excluding carboxylic acids is 1. The van der Waals surface area contributed by atoms with Gasteiger partial charge in [-0.3, -0.25) is 14.0 Å². The Morgan fingerprint density at radius 3 is 3.00 bits per heavy atom. The number of hydrogen-bond acceptors (Lipinski definition) is 4. The molecule has 0 aliphatic carbocycles. The number of carboxylic acid groups (broad SMARTS) is 1. The van der Waals surface area contributed by atoms with Crippen LogP contribution in [0.15, 0.2) is 11.6 Å². The second kappa shape index (κ2) is 4.90. The van der Waals surface area contributed by atoms with Crippen LogP contribution in [0.25, 0.3) is 4.96 Å². The van der Waals surface area contributed by atoms with E-state index in [4.69, 9.17) is 5.11 Å². The highest BCUT2D eigenvalue weighted by atomic mass is 32.1. The lowest BCUT2D eigenvalue weighted by Gasteiger charge is -2.30. The molecule has 2 aromatic heterocycles. The number of imidazole rings is 1. The van der Waals surface area contributed by atoms with Crippen molar-refractivity contribution in [3.63, 3.8) is 0 Å². The molecule has 7 heteroatoms. The molecular weight excluding hydrogens is 278 g/mol. The van der Waals surface area contributed by atoms with Gasteiger partial charge in [0.25, 0.3) is 5.91 Å². The quantitative estimate of drug-likeness (QED) is 0.913. The lowest BCUT2D eigenvalue weighted by atomic mass is 9.98. The maximum Gasteiger partial charge on any atom is 0.308 e. The van der Waals surface area contributed by atoms with Crippen molar-refractivity contribution in [1.29, 1.82) is 0 Å². The second-order valence-corrected chi connectivity index (χ2v) is 5.92. The van der Waals surface area contributed by atoms with Crippen LogP contribution in [0.5, 0.6) is 0 Å². The van der Waals surface area contributed by atoms with E-state index in [1.54, 1.807) is 11.1 Å². The fourth-order valence-corrected chi connectivity index (χ4v) is 3.37. The first kappa shape index (κ1) is 13.1. The molecule has 0 radical (unpaired) electrons. The SMILES string of the molecule is Cc1csc2nc(C(=O)N3CCCC(C(=O)O)C3)cn12. The van der Waals surface area contributed by atoms with Crippen molar-refractivity contribution in [2.45, 2.75) is 19.8 Å². The van der Waals surface area contributed by atoms with Crippen molar-refractivity contribution >= 4 is 28.2 Å². The summed E-state index contributed by atoms with van der Waals surface area (Å²) in [4.78, 5) is 30.2. The highest BCUT2D eigenvalue weighted by Crippen LogP contribution is 2.20. The Hall–Kier alpha value is -1.89. The zero-order valence-electron chi connectivity index (χ0n) is 11.1. The third kappa shape index (κ3) is 2.18. The van der Waals surface area contributed by atoms with Crippen LogP contribution in [-0.2, 0) is 4.79 Å². The molecule has 1 aliphatic heterocycles. The van der Waals surface area contributed by atoms with Gasteiger partial charge < -0.3 is 10.0 Å². The summed E-state index contributed by atoms with van der Waals surface area (Å²) in [6, 6.07) is 0. The maximum atomic E-state index is 12.4. The van der Waals surface area contributed by atoms with Gasteiger partial charge in [0.15, 0.2) is 4.96 Å². The zero-order valence-corrected chi connectivity index (χ0v) is 11.9. The highest BCUT2D eigenvalue weighted by Gasteiger charge is 2.29. The van der Waals surface area contributed by atoms with E-state index in [0.717, 1.165) is 17.1 Å². The van der Waals surface area contributed by atoms with Crippen LogP contribution in [0.2, 0.25) is 0 Å². The molecule has 0 aromatic carbocycles.